The molecule has 0 saturated carbocycles. The molecule has 2 saturated heterocycles. The number of alkyl halides is 3. The molecule has 238 valence electrons. The number of piperidine rings is 1. The van der Waals surface area contributed by atoms with E-state index in [0.29, 0.717) is 42.1 Å². The van der Waals surface area contributed by atoms with Crippen molar-refractivity contribution in [3.8, 4) is 29.3 Å². The van der Waals surface area contributed by atoms with Crippen molar-refractivity contribution in [1.82, 2.24) is 25.3 Å². The zero-order valence-corrected chi connectivity index (χ0v) is 25.3. The summed E-state index contributed by atoms with van der Waals surface area (Å²) in [5, 5.41) is 17.2. The van der Waals surface area contributed by atoms with Crippen molar-refractivity contribution in [3.63, 3.8) is 0 Å². The monoisotopic (exact) mass is 623 g/mol. The van der Waals surface area contributed by atoms with Gasteiger partial charge in [0.15, 0.2) is 17.3 Å². The maximum absolute atomic E-state index is 14.2. The van der Waals surface area contributed by atoms with E-state index in [-0.39, 0.29) is 30.2 Å². The number of nitriles is 1. The van der Waals surface area contributed by atoms with E-state index in [9.17, 15) is 18.4 Å². The Morgan fingerprint density at radius 2 is 2.04 bits per heavy atom. The van der Waals surface area contributed by atoms with Crippen LogP contribution in [0.3, 0.4) is 0 Å². The first kappa shape index (κ1) is 29.8. The average molecular weight is 624 g/mol. The average Bonchev–Trinajstić information content (AvgIpc) is 3.68. The number of anilines is 1. The van der Waals surface area contributed by atoms with Crippen LogP contribution in [0.15, 0.2) is 22.7 Å². The van der Waals surface area contributed by atoms with Crippen LogP contribution in [0.1, 0.15) is 67.0 Å². The van der Waals surface area contributed by atoms with E-state index in [2.05, 4.69) is 26.5 Å². The summed E-state index contributed by atoms with van der Waals surface area (Å²) in [6.45, 7) is 2.00. The van der Waals surface area contributed by atoms with Crippen LogP contribution in [0.5, 0.6) is 11.8 Å². The molecular weight excluding hydrogens is 587 g/mol. The molecule has 0 amide bonds. The highest BCUT2D eigenvalue weighted by Crippen LogP contribution is 2.54. The number of nitrogens with zero attached hydrogens (tertiary/aromatic N) is 5. The Morgan fingerprint density at radius 1 is 1.22 bits per heavy atom. The number of hydrogen-bond donors (Lipinski definition) is 2. The first-order valence-corrected chi connectivity index (χ1v) is 15.5. The topological polar surface area (TPSA) is 135 Å². The van der Waals surface area contributed by atoms with Gasteiger partial charge in [0, 0.05) is 30.4 Å². The van der Waals surface area contributed by atoms with Crippen LogP contribution >= 0.6 is 0 Å². The number of fused-ring (bicyclic) bond motifs is 4. The lowest BCUT2D eigenvalue weighted by molar-refractivity contribution is -0.0576. The number of ether oxygens (including phenoxy) is 2. The van der Waals surface area contributed by atoms with Crippen LogP contribution in [0.4, 0.5) is 18.9 Å². The fraction of sp³-hybridized carbons (Fsp3) is 0.562. The molecule has 7 rings (SSSR count). The number of nitrogen functional groups attached to an aromatic ring is 1. The number of nitrogens with one attached hydrogen (secondary N) is 1. The second kappa shape index (κ2) is 11.2. The standard InChI is InChI=1S/C32H36F3N7O3/c1-17(24-10-19(33)15-42(24)2)43-25-11-26(44-20-12-32(34,35)16-38-14-20)40-30(39-25)28-21-4-3-8-31(29(21)45-41-28)9-7-18-5-6-23(37)22(13-36)27(18)31/h5-6,11,17,19-20,24,38H,3-4,7-10,12,14-16,37H2,1-2H3/t17-,19+,20-,24-,31-/m0/s1. The molecule has 1 spiro atoms. The zero-order valence-electron chi connectivity index (χ0n) is 25.3. The van der Waals surface area contributed by atoms with Crippen molar-refractivity contribution in [2.24, 2.45) is 0 Å². The van der Waals surface area contributed by atoms with Crippen LogP contribution in [-0.2, 0) is 18.3 Å². The summed E-state index contributed by atoms with van der Waals surface area (Å²) in [7, 11) is 1.85. The molecule has 0 bridgehead atoms. The molecule has 1 aromatic carbocycles. The van der Waals surface area contributed by atoms with Crippen LogP contribution < -0.4 is 20.5 Å². The van der Waals surface area contributed by atoms with Crippen molar-refractivity contribution in [3.05, 3.63) is 46.2 Å². The minimum absolute atomic E-state index is 0.0721. The fourth-order valence-electron chi connectivity index (χ4n) is 7.82. The maximum Gasteiger partial charge on any atom is 0.263 e. The van der Waals surface area contributed by atoms with E-state index in [4.69, 9.17) is 19.7 Å². The summed E-state index contributed by atoms with van der Waals surface area (Å²) in [5.74, 6) is -1.81. The predicted molar refractivity (Wildman–Crippen MR) is 158 cm³/mol. The van der Waals surface area contributed by atoms with Crippen molar-refractivity contribution in [2.75, 3.05) is 32.4 Å². The van der Waals surface area contributed by atoms with Crippen molar-refractivity contribution in [1.29, 1.82) is 5.26 Å². The number of hydrogen-bond acceptors (Lipinski definition) is 10. The highest BCUT2D eigenvalue weighted by Gasteiger charge is 2.49. The van der Waals surface area contributed by atoms with Crippen LogP contribution in [-0.4, -0.2) is 77.1 Å². The molecule has 45 heavy (non-hydrogen) atoms. The Bertz CT molecular complexity index is 1660. The highest BCUT2D eigenvalue weighted by atomic mass is 19.3. The molecule has 3 N–H and O–H groups in total. The second-order valence-corrected chi connectivity index (χ2v) is 12.9. The van der Waals surface area contributed by atoms with Crippen LogP contribution in [0.2, 0.25) is 0 Å². The van der Waals surface area contributed by atoms with E-state index < -0.39 is 42.7 Å². The Balaban J connectivity index is 1.27. The van der Waals surface area contributed by atoms with E-state index in [1.54, 1.807) is 6.07 Å². The molecule has 0 radical (unpaired) electrons. The number of rotatable bonds is 6. The van der Waals surface area contributed by atoms with E-state index in [0.717, 1.165) is 42.4 Å². The molecule has 4 aliphatic rings. The van der Waals surface area contributed by atoms with Gasteiger partial charge in [-0.15, -0.1) is 0 Å². The van der Waals surface area contributed by atoms with Crippen LogP contribution in [0, 0.1) is 11.3 Å². The molecule has 3 aromatic rings. The molecule has 13 heteroatoms. The number of nitrogens with two attached hydrogens (primary N) is 1. The van der Waals surface area contributed by atoms with E-state index in [1.807, 2.05) is 24.9 Å². The summed E-state index contributed by atoms with van der Waals surface area (Å²) in [5.41, 5.74) is 9.83. The van der Waals surface area contributed by atoms with Gasteiger partial charge in [0.2, 0.25) is 11.8 Å². The van der Waals surface area contributed by atoms with Gasteiger partial charge in [-0.3, -0.25) is 4.90 Å². The number of likely N-dealkylation sites (tertiary alicyclic amines) is 1. The van der Waals surface area contributed by atoms with E-state index in [1.165, 1.54) is 6.07 Å². The van der Waals surface area contributed by atoms with Gasteiger partial charge >= 0.3 is 0 Å². The predicted octanol–water partition coefficient (Wildman–Crippen LogP) is 4.34. The minimum Gasteiger partial charge on any atom is -0.473 e. The highest BCUT2D eigenvalue weighted by molar-refractivity contribution is 5.68. The lowest BCUT2D eigenvalue weighted by Crippen LogP contribution is -2.48. The van der Waals surface area contributed by atoms with Gasteiger partial charge in [-0.05, 0) is 69.7 Å². The Morgan fingerprint density at radius 3 is 2.80 bits per heavy atom. The zero-order chi connectivity index (χ0) is 31.5. The van der Waals surface area contributed by atoms with Gasteiger partial charge in [0.05, 0.1) is 30.0 Å². The molecule has 2 aliphatic heterocycles. The first-order valence-electron chi connectivity index (χ1n) is 15.5. The number of benzene rings is 1. The Labute approximate surface area is 259 Å². The molecule has 10 nitrogen and oxygen atoms in total. The van der Waals surface area contributed by atoms with Crippen molar-refractivity contribution < 1.29 is 27.2 Å². The Kier molecular flexibility index (Phi) is 7.40. The molecular formula is C32H36F3N7O3. The summed E-state index contributed by atoms with van der Waals surface area (Å²) in [4.78, 5) is 11.2. The molecule has 2 aliphatic carbocycles. The molecule has 0 unspecified atom stereocenters. The lowest BCUT2D eigenvalue weighted by atomic mass is 9.68. The molecule has 2 aromatic heterocycles. The van der Waals surface area contributed by atoms with Gasteiger partial charge < -0.3 is 25.0 Å². The largest absolute Gasteiger partial charge is 0.473 e. The van der Waals surface area contributed by atoms with Gasteiger partial charge in [-0.25, -0.2) is 13.2 Å². The van der Waals surface area contributed by atoms with Gasteiger partial charge in [-0.2, -0.15) is 15.2 Å². The number of likely N-dealkylation sites (N-methyl/N-ethyl adjacent to an activating group) is 1. The first-order chi connectivity index (χ1) is 21.6. The summed E-state index contributed by atoms with van der Waals surface area (Å²) in [6.07, 6.45) is 1.47. The van der Waals surface area contributed by atoms with Gasteiger partial charge in [0.25, 0.3) is 5.92 Å². The third-order valence-corrected chi connectivity index (χ3v) is 9.85. The SMILES string of the molecule is C[C@H](Oc1cc(O[C@@H]2CNCC(F)(F)C2)nc(-c2noc3c2CCC[C@@]32CCc3ccc(N)c(C#N)c32)n1)[C@@H]1C[C@@H](F)CN1C. The second-order valence-electron chi connectivity index (χ2n) is 12.9. The number of halogens is 3. The van der Waals surface area contributed by atoms with Crippen LogP contribution in [0.25, 0.3) is 11.5 Å². The van der Waals surface area contributed by atoms with Crippen molar-refractivity contribution in [2.45, 2.75) is 87.6 Å². The summed E-state index contributed by atoms with van der Waals surface area (Å²) in [6, 6.07) is 7.39. The van der Waals surface area contributed by atoms with Gasteiger partial charge in [-0.1, -0.05) is 11.2 Å². The Hall–Kier alpha value is -3.89. The molecule has 5 atom stereocenters. The normalized spacial score (nSPS) is 28.0. The molecule has 4 heterocycles. The number of aryl methyl sites for hydroxylation is 1. The molecule has 2 fully saturated rings. The third kappa shape index (κ3) is 5.27. The van der Waals surface area contributed by atoms with Crippen molar-refractivity contribution >= 4 is 5.69 Å². The summed E-state index contributed by atoms with van der Waals surface area (Å²) >= 11 is 0. The fourth-order valence-corrected chi connectivity index (χ4v) is 7.82. The summed E-state index contributed by atoms with van der Waals surface area (Å²) < 4.78 is 60.9. The maximum atomic E-state index is 14.2. The smallest absolute Gasteiger partial charge is 0.263 e. The number of aromatic nitrogens is 3. The minimum atomic E-state index is -2.91. The lowest BCUT2D eigenvalue weighted by Gasteiger charge is -2.33. The van der Waals surface area contributed by atoms with E-state index >= 15 is 0 Å². The third-order valence-electron chi connectivity index (χ3n) is 9.85. The quantitative estimate of drug-likeness (QED) is 0.382. The van der Waals surface area contributed by atoms with Gasteiger partial charge in [0.1, 0.15) is 24.4 Å².